The molecule has 0 atom stereocenters. The zero-order valence-electron chi connectivity index (χ0n) is 11.7. The first kappa shape index (κ1) is 14.0. The van der Waals surface area contributed by atoms with E-state index in [1.807, 2.05) is 0 Å². The van der Waals surface area contributed by atoms with E-state index in [2.05, 4.69) is 62.3 Å². The normalized spacial score (nSPS) is 10.9. The van der Waals surface area contributed by atoms with E-state index >= 15 is 0 Å². The van der Waals surface area contributed by atoms with Crippen molar-refractivity contribution >= 4 is 5.69 Å². The molecule has 0 spiro atoms. The molecule has 0 unspecified atom stereocenters. The highest BCUT2D eigenvalue weighted by atomic mass is 15.1. The van der Waals surface area contributed by atoms with Gasteiger partial charge in [0.1, 0.15) is 0 Å². The number of hydrogen-bond donors (Lipinski definition) is 1. The van der Waals surface area contributed by atoms with Crippen LogP contribution in [-0.2, 0) is 0 Å². The average Bonchev–Trinajstić information content (AvgIpc) is 2.35. The molecule has 1 aromatic rings. The molecule has 0 amide bonds. The molecule has 0 radical (unpaired) electrons. The fourth-order valence-corrected chi connectivity index (χ4v) is 1.94. The van der Waals surface area contributed by atoms with E-state index in [-0.39, 0.29) is 0 Å². The van der Waals surface area contributed by atoms with Crippen molar-refractivity contribution in [3.63, 3.8) is 0 Å². The first-order valence-corrected chi connectivity index (χ1v) is 6.68. The number of nitrogens with one attached hydrogen (secondary N) is 1. The molecule has 0 aliphatic carbocycles. The minimum Gasteiger partial charge on any atom is -0.373 e. The Bertz CT molecular complexity index is 301. The van der Waals surface area contributed by atoms with E-state index in [1.54, 1.807) is 0 Å². The Morgan fingerprint density at radius 3 is 2.24 bits per heavy atom. The standard InChI is InChI=1S/C15H26N2/c1-5-14(6-2)16-11-12-17(4)15-9-7-13(3)8-10-15/h7-10,14,16H,5-6,11-12H2,1-4H3. The second kappa shape index (κ2) is 7.33. The van der Waals surface area contributed by atoms with Crippen LogP contribution < -0.4 is 10.2 Å². The van der Waals surface area contributed by atoms with Gasteiger partial charge in [0.05, 0.1) is 0 Å². The number of benzene rings is 1. The Kier molecular flexibility index (Phi) is 6.06. The molecule has 0 aliphatic heterocycles. The van der Waals surface area contributed by atoms with Crippen molar-refractivity contribution in [3.05, 3.63) is 29.8 Å². The summed E-state index contributed by atoms with van der Waals surface area (Å²) in [5, 5.41) is 3.59. The molecule has 0 saturated heterocycles. The predicted octanol–water partition coefficient (Wildman–Crippen LogP) is 3.21. The Morgan fingerprint density at radius 2 is 1.71 bits per heavy atom. The van der Waals surface area contributed by atoms with Gasteiger partial charge >= 0.3 is 0 Å². The molecule has 0 aliphatic rings. The zero-order valence-corrected chi connectivity index (χ0v) is 11.7. The number of nitrogens with zero attached hydrogens (tertiary/aromatic N) is 1. The summed E-state index contributed by atoms with van der Waals surface area (Å²) in [6.45, 7) is 8.71. The second-order valence-electron chi connectivity index (χ2n) is 4.72. The third kappa shape index (κ3) is 4.78. The van der Waals surface area contributed by atoms with Gasteiger partial charge < -0.3 is 10.2 Å². The largest absolute Gasteiger partial charge is 0.373 e. The van der Waals surface area contributed by atoms with E-state index in [4.69, 9.17) is 0 Å². The van der Waals surface area contributed by atoms with Crippen LogP contribution in [0.5, 0.6) is 0 Å². The molecule has 0 aromatic heterocycles. The van der Waals surface area contributed by atoms with E-state index in [1.165, 1.54) is 24.1 Å². The maximum absolute atomic E-state index is 3.59. The minimum atomic E-state index is 0.668. The summed E-state index contributed by atoms with van der Waals surface area (Å²) < 4.78 is 0. The van der Waals surface area contributed by atoms with Gasteiger partial charge in [-0.3, -0.25) is 0 Å². The first-order valence-electron chi connectivity index (χ1n) is 6.68. The highest BCUT2D eigenvalue weighted by molar-refractivity contribution is 5.46. The maximum atomic E-state index is 3.59. The number of aryl methyl sites for hydroxylation is 1. The molecule has 1 N–H and O–H groups in total. The van der Waals surface area contributed by atoms with Crippen LogP contribution in [0, 0.1) is 6.92 Å². The summed E-state index contributed by atoms with van der Waals surface area (Å²) in [4.78, 5) is 2.30. The van der Waals surface area contributed by atoms with Crippen molar-refractivity contribution in [2.24, 2.45) is 0 Å². The van der Waals surface area contributed by atoms with Gasteiger partial charge in [0.25, 0.3) is 0 Å². The van der Waals surface area contributed by atoms with E-state index < -0.39 is 0 Å². The molecule has 17 heavy (non-hydrogen) atoms. The van der Waals surface area contributed by atoms with Crippen molar-refractivity contribution in [2.75, 3.05) is 25.0 Å². The molecule has 2 heteroatoms. The van der Waals surface area contributed by atoms with Gasteiger partial charge in [0.15, 0.2) is 0 Å². The lowest BCUT2D eigenvalue weighted by molar-refractivity contribution is 0.489. The Labute approximate surface area is 106 Å². The summed E-state index contributed by atoms with van der Waals surface area (Å²) in [7, 11) is 2.15. The van der Waals surface area contributed by atoms with Gasteiger partial charge in [-0.15, -0.1) is 0 Å². The van der Waals surface area contributed by atoms with E-state index in [9.17, 15) is 0 Å². The van der Waals surface area contributed by atoms with E-state index in [0.29, 0.717) is 6.04 Å². The van der Waals surface area contributed by atoms with Crippen LogP contribution in [0.2, 0.25) is 0 Å². The van der Waals surface area contributed by atoms with Crippen molar-refractivity contribution in [1.29, 1.82) is 0 Å². The molecule has 0 saturated carbocycles. The molecule has 2 nitrogen and oxygen atoms in total. The monoisotopic (exact) mass is 234 g/mol. The SMILES string of the molecule is CCC(CC)NCCN(C)c1ccc(C)cc1. The van der Waals surface area contributed by atoms with Crippen molar-refractivity contribution in [3.8, 4) is 0 Å². The number of rotatable bonds is 7. The topological polar surface area (TPSA) is 15.3 Å². The lowest BCUT2D eigenvalue weighted by Crippen LogP contribution is -2.35. The van der Waals surface area contributed by atoms with Crippen LogP contribution in [0.4, 0.5) is 5.69 Å². The van der Waals surface area contributed by atoms with Gasteiger partial charge in [0, 0.05) is 31.9 Å². The van der Waals surface area contributed by atoms with Crippen LogP contribution in [-0.4, -0.2) is 26.2 Å². The minimum absolute atomic E-state index is 0.668. The molecule has 0 heterocycles. The molecule has 0 bridgehead atoms. The number of likely N-dealkylation sites (N-methyl/N-ethyl adjacent to an activating group) is 1. The highest BCUT2D eigenvalue weighted by Crippen LogP contribution is 2.12. The second-order valence-corrected chi connectivity index (χ2v) is 4.72. The third-order valence-electron chi connectivity index (χ3n) is 3.34. The van der Waals surface area contributed by atoms with Crippen LogP contribution in [0.25, 0.3) is 0 Å². The van der Waals surface area contributed by atoms with Crippen molar-refractivity contribution in [1.82, 2.24) is 5.32 Å². The van der Waals surface area contributed by atoms with Crippen molar-refractivity contribution < 1.29 is 0 Å². The Balaban J connectivity index is 2.34. The molecular formula is C15H26N2. The van der Waals surface area contributed by atoms with Crippen LogP contribution in [0.3, 0.4) is 0 Å². The summed E-state index contributed by atoms with van der Waals surface area (Å²) >= 11 is 0. The zero-order chi connectivity index (χ0) is 12.7. The van der Waals surface area contributed by atoms with Crippen LogP contribution in [0.15, 0.2) is 24.3 Å². The molecule has 96 valence electrons. The van der Waals surface area contributed by atoms with Crippen LogP contribution >= 0.6 is 0 Å². The summed E-state index contributed by atoms with van der Waals surface area (Å²) in [6, 6.07) is 9.38. The summed E-state index contributed by atoms with van der Waals surface area (Å²) in [6.07, 6.45) is 2.43. The third-order valence-corrected chi connectivity index (χ3v) is 3.34. The van der Waals surface area contributed by atoms with Gasteiger partial charge in [-0.05, 0) is 31.9 Å². The number of anilines is 1. The van der Waals surface area contributed by atoms with Gasteiger partial charge in [-0.2, -0.15) is 0 Å². The van der Waals surface area contributed by atoms with Crippen molar-refractivity contribution in [2.45, 2.75) is 39.7 Å². The number of hydrogen-bond acceptors (Lipinski definition) is 2. The average molecular weight is 234 g/mol. The first-order chi connectivity index (χ1) is 8.17. The van der Waals surface area contributed by atoms with Crippen LogP contribution in [0.1, 0.15) is 32.3 Å². The maximum Gasteiger partial charge on any atom is 0.0364 e. The summed E-state index contributed by atoms with van der Waals surface area (Å²) in [5.74, 6) is 0. The van der Waals surface area contributed by atoms with Gasteiger partial charge in [0.2, 0.25) is 0 Å². The Hall–Kier alpha value is -1.02. The molecular weight excluding hydrogens is 208 g/mol. The molecule has 0 fully saturated rings. The fraction of sp³-hybridized carbons (Fsp3) is 0.600. The quantitative estimate of drug-likeness (QED) is 0.779. The lowest BCUT2D eigenvalue weighted by Gasteiger charge is -2.22. The highest BCUT2D eigenvalue weighted by Gasteiger charge is 2.03. The Morgan fingerprint density at radius 1 is 1.12 bits per heavy atom. The smallest absolute Gasteiger partial charge is 0.0364 e. The van der Waals surface area contributed by atoms with Gasteiger partial charge in [-0.1, -0.05) is 31.5 Å². The summed E-state index contributed by atoms with van der Waals surface area (Å²) in [5.41, 5.74) is 2.61. The molecule has 1 aromatic carbocycles. The fourth-order valence-electron chi connectivity index (χ4n) is 1.94. The van der Waals surface area contributed by atoms with Gasteiger partial charge in [-0.25, -0.2) is 0 Å². The predicted molar refractivity (Wildman–Crippen MR) is 76.8 cm³/mol. The lowest BCUT2D eigenvalue weighted by atomic mass is 10.2. The van der Waals surface area contributed by atoms with E-state index in [0.717, 1.165) is 13.1 Å². The molecule has 1 rings (SSSR count).